The van der Waals surface area contributed by atoms with Gasteiger partial charge in [0.2, 0.25) is 5.91 Å². The molecule has 136 valence electrons. The fourth-order valence-electron chi connectivity index (χ4n) is 3.03. The molecule has 2 atom stereocenters. The Hall–Kier alpha value is -1.92. The SMILES string of the molecule is CNC(C)Cc1noc(C(c2ccccc2)N2CCCCC2=O)n1.Cl. The molecule has 2 aromatic rings. The number of piperidine rings is 1. The Balaban J connectivity index is 0.00000225. The number of hydrogen-bond acceptors (Lipinski definition) is 5. The molecule has 3 rings (SSSR count). The minimum atomic E-state index is -0.301. The molecule has 1 amide bonds. The molecule has 1 aliphatic rings. The van der Waals surface area contributed by atoms with Gasteiger partial charge in [-0.3, -0.25) is 4.79 Å². The third-order valence-electron chi connectivity index (χ3n) is 4.49. The van der Waals surface area contributed by atoms with Crippen molar-refractivity contribution in [1.82, 2.24) is 20.4 Å². The van der Waals surface area contributed by atoms with E-state index in [1.807, 2.05) is 42.3 Å². The van der Waals surface area contributed by atoms with E-state index in [0.717, 1.165) is 24.9 Å². The highest BCUT2D eigenvalue weighted by molar-refractivity contribution is 5.85. The van der Waals surface area contributed by atoms with Crippen LogP contribution in [-0.2, 0) is 11.2 Å². The predicted octanol–water partition coefficient (Wildman–Crippen LogP) is 2.74. The molecule has 2 unspecified atom stereocenters. The van der Waals surface area contributed by atoms with Crippen LogP contribution in [0.25, 0.3) is 0 Å². The Morgan fingerprint density at radius 2 is 2.04 bits per heavy atom. The molecule has 25 heavy (non-hydrogen) atoms. The molecule has 1 N–H and O–H groups in total. The summed E-state index contributed by atoms with van der Waals surface area (Å²) < 4.78 is 5.55. The number of nitrogens with zero attached hydrogens (tertiary/aromatic N) is 3. The first-order valence-corrected chi connectivity index (χ1v) is 8.53. The number of carbonyl (C=O) groups is 1. The number of likely N-dealkylation sites (N-methyl/N-ethyl adjacent to an activating group) is 1. The van der Waals surface area contributed by atoms with E-state index in [1.165, 1.54) is 0 Å². The lowest BCUT2D eigenvalue weighted by Gasteiger charge is -2.32. The highest BCUT2D eigenvalue weighted by Crippen LogP contribution is 2.30. The molecule has 0 spiro atoms. The van der Waals surface area contributed by atoms with Crippen molar-refractivity contribution in [3.8, 4) is 0 Å². The van der Waals surface area contributed by atoms with Gasteiger partial charge in [0.1, 0.15) is 6.04 Å². The Morgan fingerprint density at radius 3 is 2.72 bits per heavy atom. The maximum atomic E-state index is 12.4. The molecular formula is C18H25ClN4O2. The average Bonchev–Trinajstić information content (AvgIpc) is 3.05. The summed E-state index contributed by atoms with van der Waals surface area (Å²) in [6.45, 7) is 2.79. The molecule has 0 bridgehead atoms. The van der Waals surface area contributed by atoms with Gasteiger partial charge >= 0.3 is 0 Å². The predicted molar refractivity (Wildman–Crippen MR) is 97.6 cm³/mol. The number of amides is 1. The van der Waals surface area contributed by atoms with E-state index >= 15 is 0 Å². The van der Waals surface area contributed by atoms with E-state index in [4.69, 9.17) is 4.52 Å². The van der Waals surface area contributed by atoms with Gasteiger partial charge in [-0.05, 0) is 32.4 Å². The van der Waals surface area contributed by atoms with Gasteiger partial charge in [0.15, 0.2) is 5.82 Å². The summed E-state index contributed by atoms with van der Waals surface area (Å²) >= 11 is 0. The largest absolute Gasteiger partial charge is 0.337 e. The number of benzene rings is 1. The number of likely N-dealkylation sites (tertiary alicyclic amines) is 1. The quantitative estimate of drug-likeness (QED) is 0.853. The van der Waals surface area contributed by atoms with Gasteiger partial charge in [0.05, 0.1) is 0 Å². The summed E-state index contributed by atoms with van der Waals surface area (Å²) in [5.41, 5.74) is 1.00. The van der Waals surface area contributed by atoms with Crippen LogP contribution in [0.2, 0.25) is 0 Å². The van der Waals surface area contributed by atoms with E-state index < -0.39 is 0 Å². The zero-order valence-corrected chi connectivity index (χ0v) is 15.5. The molecule has 7 heteroatoms. The number of rotatable bonds is 6. The van der Waals surface area contributed by atoms with Crippen LogP contribution in [-0.4, -0.2) is 40.6 Å². The van der Waals surface area contributed by atoms with E-state index in [0.29, 0.717) is 24.6 Å². The van der Waals surface area contributed by atoms with Crippen molar-refractivity contribution in [1.29, 1.82) is 0 Å². The summed E-state index contributed by atoms with van der Waals surface area (Å²) in [4.78, 5) is 18.9. The van der Waals surface area contributed by atoms with Gasteiger partial charge in [-0.15, -0.1) is 12.4 Å². The Kier molecular flexibility index (Phi) is 6.96. The minimum Gasteiger partial charge on any atom is -0.337 e. The molecule has 1 aromatic carbocycles. The summed E-state index contributed by atoms with van der Waals surface area (Å²) in [5, 5.41) is 7.27. The second kappa shape index (κ2) is 8.97. The average molecular weight is 365 g/mol. The zero-order chi connectivity index (χ0) is 16.9. The Bertz CT molecular complexity index is 677. The van der Waals surface area contributed by atoms with E-state index in [-0.39, 0.29) is 30.4 Å². The van der Waals surface area contributed by atoms with Crippen LogP contribution in [0.15, 0.2) is 34.9 Å². The van der Waals surface area contributed by atoms with E-state index in [9.17, 15) is 4.79 Å². The van der Waals surface area contributed by atoms with Gasteiger partial charge in [0, 0.05) is 25.4 Å². The molecular weight excluding hydrogens is 340 g/mol. The second-order valence-corrected chi connectivity index (χ2v) is 6.30. The number of carbonyl (C=O) groups excluding carboxylic acids is 1. The van der Waals surface area contributed by atoms with Crippen molar-refractivity contribution in [3.63, 3.8) is 0 Å². The van der Waals surface area contributed by atoms with Gasteiger partial charge in [-0.2, -0.15) is 4.98 Å². The Morgan fingerprint density at radius 1 is 1.28 bits per heavy atom. The smallest absolute Gasteiger partial charge is 0.254 e. The van der Waals surface area contributed by atoms with Crippen molar-refractivity contribution in [3.05, 3.63) is 47.6 Å². The summed E-state index contributed by atoms with van der Waals surface area (Å²) in [6, 6.07) is 9.88. The summed E-state index contributed by atoms with van der Waals surface area (Å²) in [7, 11) is 1.91. The van der Waals surface area contributed by atoms with Gasteiger partial charge < -0.3 is 14.7 Å². The lowest BCUT2D eigenvalue weighted by atomic mass is 10.0. The molecule has 0 radical (unpaired) electrons. The van der Waals surface area contributed by atoms with Crippen LogP contribution in [0.3, 0.4) is 0 Å². The maximum absolute atomic E-state index is 12.4. The van der Waals surface area contributed by atoms with Crippen LogP contribution in [0.4, 0.5) is 0 Å². The molecule has 6 nitrogen and oxygen atoms in total. The third kappa shape index (κ3) is 4.58. The van der Waals surface area contributed by atoms with Gasteiger partial charge in [-0.25, -0.2) is 0 Å². The van der Waals surface area contributed by atoms with Crippen molar-refractivity contribution < 1.29 is 9.32 Å². The lowest BCUT2D eigenvalue weighted by Crippen LogP contribution is -2.39. The molecule has 1 fully saturated rings. The molecule has 1 saturated heterocycles. The monoisotopic (exact) mass is 364 g/mol. The fraction of sp³-hybridized carbons (Fsp3) is 0.500. The van der Waals surface area contributed by atoms with Gasteiger partial charge in [-0.1, -0.05) is 35.5 Å². The van der Waals surface area contributed by atoms with E-state index in [2.05, 4.69) is 22.4 Å². The highest BCUT2D eigenvalue weighted by atomic mass is 35.5. The fourth-order valence-corrected chi connectivity index (χ4v) is 3.03. The lowest BCUT2D eigenvalue weighted by molar-refractivity contribution is -0.135. The molecule has 0 saturated carbocycles. The zero-order valence-electron chi connectivity index (χ0n) is 14.6. The van der Waals surface area contributed by atoms with Crippen molar-refractivity contribution in [2.24, 2.45) is 0 Å². The van der Waals surface area contributed by atoms with Crippen molar-refractivity contribution in [2.75, 3.05) is 13.6 Å². The van der Waals surface area contributed by atoms with Crippen LogP contribution in [0.5, 0.6) is 0 Å². The number of aromatic nitrogens is 2. The van der Waals surface area contributed by atoms with Crippen molar-refractivity contribution in [2.45, 2.75) is 44.7 Å². The number of nitrogens with one attached hydrogen (secondary N) is 1. The molecule has 0 aliphatic carbocycles. The molecule has 1 aromatic heterocycles. The topological polar surface area (TPSA) is 71.3 Å². The summed E-state index contributed by atoms with van der Waals surface area (Å²) in [5.74, 6) is 1.31. The van der Waals surface area contributed by atoms with Crippen LogP contribution in [0, 0.1) is 0 Å². The minimum absolute atomic E-state index is 0. The van der Waals surface area contributed by atoms with E-state index in [1.54, 1.807) is 0 Å². The first-order valence-electron chi connectivity index (χ1n) is 8.53. The van der Waals surface area contributed by atoms with Gasteiger partial charge in [0.25, 0.3) is 5.89 Å². The maximum Gasteiger partial charge on any atom is 0.254 e. The van der Waals surface area contributed by atoms with Crippen LogP contribution >= 0.6 is 12.4 Å². The highest BCUT2D eigenvalue weighted by Gasteiger charge is 2.32. The first kappa shape index (κ1) is 19.4. The normalized spacial score (nSPS) is 17.0. The Labute approximate surface area is 154 Å². The number of hydrogen-bond donors (Lipinski definition) is 1. The summed E-state index contributed by atoms with van der Waals surface area (Å²) in [6.07, 6.45) is 3.23. The second-order valence-electron chi connectivity index (χ2n) is 6.30. The van der Waals surface area contributed by atoms with Crippen LogP contribution in [0.1, 0.15) is 49.5 Å². The third-order valence-corrected chi connectivity index (χ3v) is 4.49. The molecule has 2 heterocycles. The van der Waals surface area contributed by atoms with Crippen molar-refractivity contribution >= 4 is 18.3 Å². The standard InChI is InChI=1S/C18H24N4O2.ClH/c1-13(19-2)12-15-20-18(24-21-15)17(14-8-4-3-5-9-14)22-11-7-6-10-16(22)23;/h3-5,8-9,13,17,19H,6-7,10-12H2,1-2H3;1H. The number of halogens is 1. The van der Waals surface area contributed by atoms with Crippen LogP contribution < -0.4 is 5.32 Å². The molecule has 1 aliphatic heterocycles. The first-order chi connectivity index (χ1) is 11.7.